The Morgan fingerprint density at radius 1 is 1.06 bits per heavy atom. The number of piperidine rings is 1. The lowest BCUT2D eigenvalue weighted by Crippen LogP contribution is -2.53. The van der Waals surface area contributed by atoms with Crippen molar-refractivity contribution in [3.8, 4) is 0 Å². The molecule has 2 unspecified atom stereocenters. The molecule has 16 heavy (non-hydrogen) atoms. The topological polar surface area (TPSA) is 29.3 Å². The second-order valence-electron chi connectivity index (χ2n) is 6.07. The van der Waals surface area contributed by atoms with Gasteiger partial charge in [0, 0.05) is 18.6 Å². The van der Waals surface area contributed by atoms with E-state index in [1.807, 2.05) is 0 Å². The van der Waals surface area contributed by atoms with Crippen molar-refractivity contribution in [3.63, 3.8) is 0 Å². The molecule has 2 heteroatoms. The molecule has 1 saturated carbocycles. The monoisotopic (exact) mass is 224 g/mol. The van der Waals surface area contributed by atoms with Crippen molar-refractivity contribution in [2.24, 2.45) is 17.6 Å². The summed E-state index contributed by atoms with van der Waals surface area (Å²) >= 11 is 0. The minimum atomic E-state index is 0.659. The molecule has 0 radical (unpaired) electrons. The number of nitrogens with two attached hydrogens (primary N) is 1. The standard InChI is InChI=1S/C14H28N2/c1-11-5-7-13(8-6-11)16-9-3-4-12(2)14(16)10-15/h11-14H,3-10,15H2,1-2H3. The zero-order valence-electron chi connectivity index (χ0n) is 11.0. The molecule has 1 aliphatic heterocycles. The highest BCUT2D eigenvalue weighted by Gasteiger charge is 2.33. The highest BCUT2D eigenvalue weighted by atomic mass is 15.2. The molecule has 2 fully saturated rings. The molecule has 1 aliphatic carbocycles. The van der Waals surface area contributed by atoms with Crippen LogP contribution in [-0.2, 0) is 0 Å². The quantitative estimate of drug-likeness (QED) is 0.781. The van der Waals surface area contributed by atoms with Gasteiger partial charge in [-0.25, -0.2) is 0 Å². The van der Waals surface area contributed by atoms with Gasteiger partial charge in [-0.1, -0.05) is 13.8 Å². The van der Waals surface area contributed by atoms with Crippen molar-refractivity contribution >= 4 is 0 Å². The number of likely N-dealkylation sites (tertiary alicyclic amines) is 1. The van der Waals surface area contributed by atoms with Crippen molar-refractivity contribution in [1.82, 2.24) is 4.90 Å². The number of rotatable bonds is 2. The van der Waals surface area contributed by atoms with Gasteiger partial charge in [0.05, 0.1) is 0 Å². The van der Waals surface area contributed by atoms with Crippen molar-refractivity contribution in [2.75, 3.05) is 13.1 Å². The van der Waals surface area contributed by atoms with Gasteiger partial charge in [0.2, 0.25) is 0 Å². The van der Waals surface area contributed by atoms with Crippen LogP contribution in [0.5, 0.6) is 0 Å². The summed E-state index contributed by atoms with van der Waals surface area (Å²) in [6, 6.07) is 1.50. The van der Waals surface area contributed by atoms with E-state index >= 15 is 0 Å². The lowest BCUT2D eigenvalue weighted by Gasteiger charge is -2.46. The van der Waals surface area contributed by atoms with Crippen LogP contribution in [-0.4, -0.2) is 30.1 Å². The Morgan fingerprint density at radius 3 is 2.38 bits per heavy atom. The van der Waals surface area contributed by atoms with Gasteiger partial charge < -0.3 is 5.73 Å². The molecule has 94 valence electrons. The number of nitrogens with zero attached hydrogens (tertiary/aromatic N) is 1. The first-order valence-electron chi connectivity index (χ1n) is 7.18. The fourth-order valence-electron chi connectivity index (χ4n) is 3.68. The molecule has 0 amide bonds. The zero-order valence-corrected chi connectivity index (χ0v) is 11.0. The largest absolute Gasteiger partial charge is 0.329 e. The molecular weight excluding hydrogens is 196 g/mol. The van der Waals surface area contributed by atoms with Gasteiger partial charge >= 0.3 is 0 Å². The van der Waals surface area contributed by atoms with Crippen LogP contribution in [0, 0.1) is 11.8 Å². The van der Waals surface area contributed by atoms with E-state index in [4.69, 9.17) is 5.73 Å². The van der Waals surface area contributed by atoms with E-state index in [9.17, 15) is 0 Å². The highest BCUT2D eigenvalue weighted by molar-refractivity contribution is 4.89. The summed E-state index contributed by atoms with van der Waals surface area (Å²) in [6.07, 6.45) is 8.42. The third-order valence-corrected chi connectivity index (χ3v) is 4.85. The summed E-state index contributed by atoms with van der Waals surface area (Å²) in [5.41, 5.74) is 5.98. The van der Waals surface area contributed by atoms with Gasteiger partial charge in [0.1, 0.15) is 0 Å². The maximum Gasteiger partial charge on any atom is 0.0246 e. The second-order valence-corrected chi connectivity index (χ2v) is 6.07. The van der Waals surface area contributed by atoms with E-state index in [0.717, 1.165) is 24.4 Å². The molecule has 2 nitrogen and oxygen atoms in total. The van der Waals surface area contributed by atoms with E-state index in [-0.39, 0.29) is 0 Å². The SMILES string of the molecule is CC1CCC(N2CCCC(C)C2CN)CC1. The van der Waals surface area contributed by atoms with E-state index in [2.05, 4.69) is 18.7 Å². The van der Waals surface area contributed by atoms with Gasteiger partial charge in [-0.15, -0.1) is 0 Å². The van der Waals surface area contributed by atoms with Gasteiger partial charge in [-0.2, -0.15) is 0 Å². The van der Waals surface area contributed by atoms with E-state index in [1.165, 1.54) is 45.1 Å². The smallest absolute Gasteiger partial charge is 0.0246 e. The van der Waals surface area contributed by atoms with E-state index in [0.29, 0.717) is 6.04 Å². The zero-order chi connectivity index (χ0) is 11.5. The maximum atomic E-state index is 5.98. The molecular formula is C14H28N2. The summed E-state index contributed by atoms with van der Waals surface area (Å²) in [5, 5.41) is 0. The number of hydrogen-bond donors (Lipinski definition) is 1. The molecule has 0 bridgehead atoms. The van der Waals surface area contributed by atoms with Crippen molar-refractivity contribution in [3.05, 3.63) is 0 Å². The van der Waals surface area contributed by atoms with Crippen LogP contribution in [0.2, 0.25) is 0 Å². The Morgan fingerprint density at radius 2 is 1.75 bits per heavy atom. The van der Waals surface area contributed by atoms with Crippen LogP contribution < -0.4 is 5.73 Å². The van der Waals surface area contributed by atoms with Gasteiger partial charge in [-0.3, -0.25) is 4.90 Å². The van der Waals surface area contributed by atoms with Crippen molar-refractivity contribution < 1.29 is 0 Å². The minimum Gasteiger partial charge on any atom is -0.329 e. The molecule has 2 atom stereocenters. The summed E-state index contributed by atoms with van der Waals surface area (Å²) in [4.78, 5) is 2.75. The van der Waals surface area contributed by atoms with E-state index in [1.54, 1.807) is 0 Å². The first-order valence-corrected chi connectivity index (χ1v) is 7.18. The third kappa shape index (κ3) is 2.60. The molecule has 0 aromatic carbocycles. The van der Waals surface area contributed by atoms with Gasteiger partial charge in [0.25, 0.3) is 0 Å². The van der Waals surface area contributed by atoms with Crippen LogP contribution in [0.15, 0.2) is 0 Å². The average molecular weight is 224 g/mol. The summed E-state index contributed by atoms with van der Waals surface area (Å²) < 4.78 is 0. The summed E-state index contributed by atoms with van der Waals surface area (Å²) in [7, 11) is 0. The van der Waals surface area contributed by atoms with Crippen molar-refractivity contribution in [2.45, 2.75) is 64.5 Å². The van der Waals surface area contributed by atoms with Crippen LogP contribution in [0.1, 0.15) is 52.4 Å². The van der Waals surface area contributed by atoms with Crippen LogP contribution in [0.3, 0.4) is 0 Å². The fourth-order valence-corrected chi connectivity index (χ4v) is 3.68. The molecule has 0 spiro atoms. The molecule has 1 saturated heterocycles. The summed E-state index contributed by atoms with van der Waals surface area (Å²) in [6.45, 7) is 6.93. The van der Waals surface area contributed by atoms with Crippen LogP contribution in [0.25, 0.3) is 0 Å². The molecule has 2 N–H and O–H groups in total. The fraction of sp³-hybridized carbons (Fsp3) is 1.00. The number of hydrogen-bond acceptors (Lipinski definition) is 2. The molecule has 1 heterocycles. The first kappa shape index (κ1) is 12.4. The van der Waals surface area contributed by atoms with Crippen molar-refractivity contribution in [1.29, 1.82) is 0 Å². The predicted octanol–water partition coefficient (Wildman–Crippen LogP) is 2.62. The third-order valence-electron chi connectivity index (χ3n) is 4.85. The Labute approximate surface area is 101 Å². The van der Waals surface area contributed by atoms with Crippen LogP contribution in [0.4, 0.5) is 0 Å². The van der Waals surface area contributed by atoms with E-state index < -0.39 is 0 Å². The first-order chi connectivity index (χ1) is 7.72. The predicted molar refractivity (Wildman–Crippen MR) is 69.4 cm³/mol. The Balaban J connectivity index is 1.95. The Bertz CT molecular complexity index is 209. The minimum absolute atomic E-state index is 0.659. The van der Waals surface area contributed by atoms with Gasteiger partial charge in [-0.05, 0) is 56.9 Å². The van der Waals surface area contributed by atoms with Gasteiger partial charge in [0.15, 0.2) is 0 Å². The average Bonchev–Trinajstić information content (AvgIpc) is 2.30. The molecule has 2 rings (SSSR count). The Hall–Kier alpha value is -0.0800. The Kier molecular flexibility index (Phi) is 4.26. The summed E-state index contributed by atoms with van der Waals surface area (Å²) in [5.74, 6) is 1.76. The molecule has 2 aliphatic rings. The molecule has 0 aromatic rings. The molecule has 0 aromatic heterocycles. The maximum absolute atomic E-state index is 5.98. The van der Waals surface area contributed by atoms with Crippen LogP contribution >= 0.6 is 0 Å². The highest BCUT2D eigenvalue weighted by Crippen LogP contribution is 2.32. The second kappa shape index (κ2) is 5.50. The lowest BCUT2D eigenvalue weighted by molar-refractivity contribution is 0.0390. The normalized spacial score (nSPS) is 42.2. The lowest BCUT2D eigenvalue weighted by atomic mass is 9.82.